The second-order valence-electron chi connectivity index (χ2n) is 5.75. The molecule has 20 heavy (non-hydrogen) atoms. The first-order chi connectivity index (χ1) is 9.50. The van der Waals surface area contributed by atoms with Gasteiger partial charge in [-0.15, -0.1) is 0 Å². The molecule has 0 radical (unpaired) electrons. The monoisotopic (exact) mass is 299 g/mol. The van der Waals surface area contributed by atoms with E-state index in [0.29, 0.717) is 25.0 Å². The highest BCUT2D eigenvalue weighted by Crippen LogP contribution is 2.32. The Labute approximate surface area is 119 Å². The van der Waals surface area contributed by atoms with E-state index in [1.54, 1.807) is 4.31 Å². The lowest BCUT2D eigenvalue weighted by molar-refractivity contribution is 0.0671. The highest BCUT2D eigenvalue weighted by atomic mass is 32.2. The van der Waals surface area contributed by atoms with Crippen molar-refractivity contribution in [2.24, 2.45) is 5.92 Å². The van der Waals surface area contributed by atoms with Gasteiger partial charge in [0, 0.05) is 19.1 Å². The number of piperidine rings is 2. The minimum absolute atomic E-state index is 0.0973. The first-order valence-corrected chi connectivity index (χ1v) is 8.43. The molecule has 1 aromatic heterocycles. The van der Waals surface area contributed by atoms with Crippen LogP contribution in [0.1, 0.15) is 19.3 Å². The number of nitrogens with one attached hydrogen (secondary N) is 1. The van der Waals surface area contributed by atoms with E-state index in [2.05, 4.69) is 22.1 Å². The Kier molecular flexibility index (Phi) is 3.47. The van der Waals surface area contributed by atoms with Crippen LogP contribution in [-0.4, -0.2) is 60.5 Å². The summed E-state index contributed by atoms with van der Waals surface area (Å²) in [5.74, 6) is 0.540. The van der Waals surface area contributed by atoms with Gasteiger partial charge in [0.15, 0.2) is 0 Å². The number of anilines is 1. The maximum Gasteiger partial charge on any atom is 0.248 e. The van der Waals surface area contributed by atoms with Gasteiger partial charge in [-0.2, -0.15) is 9.40 Å². The molecule has 3 N–H and O–H groups in total. The zero-order valence-corrected chi connectivity index (χ0v) is 12.4. The van der Waals surface area contributed by atoms with Crippen LogP contribution < -0.4 is 5.73 Å². The van der Waals surface area contributed by atoms with Crippen LogP contribution >= 0.6 is 0 Å². The summed E-state index contributed by atoms with van der Waals surface area (Å²) < 4.78 is 26.8. The number of nitrogen functional groups attached to an aromatic ring is 1. The second-order valence-corrected chi connectivity index (χ2v) is 7.66. The molecule has 3 heterocycles. The maximum atomic E-state index is 12.6. The Morgan fingerprint density at radius 1 is 1.40 bits per heavy atom. The van der Waals surface area contributed by atoms with Crippen molar-refractivity contribution in [1.82, 2.24) is 19.4 Å². The van der Waals surface area contributed by atoms with Gasteiger partial charge < -0.3 is 10.6 Å². The molecule has 2 fully saturated rings. The number of nitrogens with two attached hydrogens (primary N) is 1. The molecule has 112 valence electrons. The fraction of sp³-hybridized carbons (Fsp3) is 0.750. The standard InChI is InChI=1S/C12H21N5O2S/c1-16-5-2-3-9-8-17(6-4-10(9)16)20(18,19)11-7-14-15-12(11)13/h7,9-10H,2-6,8H2,1H3,(H3,13,14,15). The van der Waals surface area contributed by atoms with Gasteiger partial charge in [-0.3, -0.25) is 5.10 Å². The molecule has 1 aromatic rings. The van der Waals surface area contributed by atoms with Gasteiger partial charge in [-0.1, -0.05) is 0 Å². The summed E-state index contributed by atoms with van der Waals surface area (Å²) >= 11 is 0. The lowest BCUT2D eigenvalue weighted by atomic mass is 9.85. The zero-order chi connectivity index (χ0) is 14.3. The predicted octanol–water partition coefficient (Wildman–Crippen LogP) is 0.0967. The van der Waals surface area contributed by atoms with Gasteiger partial charge in [0.2, 0.25) is 10.0 Å². The molecule has 0 saturated carbocycles. The number of fused-ring (bicyclic) bond motifs is 1. The van der Waals surface area contributed by atoms with E-state index in [9.17, 15) is 8.42 Å². The van der Waals surface area contributed by atoms with Crippen LogP contribution in [-0.2, 0) is 10.0 Å². The van der Waals surface area contributed by atoms with Gasteiger partial charge in [-0.25, -0.2) is 8.42 Å². The molecule has 0 aliphatic carbocycles. The number of sulfonamides is 1. The lowest BCUT2D eigenvalue weighted by Crippen LogP contribution is -2.53. The van der Waals surface area contributed by atoms with E-state index in [0.717, 1.165) is 25.8 Å². The van der Waals surface area contributed by atoms with Crippen LogP contribution in [0.2, 0.25) is 0 Å². The smallest absolute Gasteiger partial charge is 0.248 e. The molecule has 2 aliphatic rings. The summed E-state index contributed by atoms with van der Waals surface area (Å²) in [7, 11) is -1.39. The number of H-pyrrole nitrogens is 1. The van der Waals surface area contributed by atoms with Crippen LogP contribution in [0.4, 0.5) is 5.82 Å². The number of nitrogens with zero attached hydrogens (tertiary/aromatic N) is 3. The molecule has 0 amide bonds. The molecule has 0 bridgehead atoms. The molecule has 8 heteroatoms. The van der Waals surface area contributed by atoms with E-state index < -0.39 is 10.0 Å². The van der Waals surface area contributed by atoms with Crippen molar-refractivity contribution in [2.75, 3.05) is 32.4 Å². The third kappa shape index (κ3) is 2.21. The van der Waals surface area contributed by atoms with Crippen LogP contribution in [0.15, 0.2) is 11.1 Å². The van der Waals surface area contributed by atoms with Crippen LogP contribution in [0.3, 0.4) is 0 Å². The fourth-order valence-electron chi connectivity index (χ4n) is 3.47. The molecular formula is C12H21N5O2S. The number of aromatic amines is 1. The Bertz CT molecular complexity index is 584. The maximum absolute atomic E-state index is 12.6. The Balaban J connectivity index is 1.81. The highest BCUT2D eigenvalue weighted by molar-refractivity contribution is 7.89. The summed E-state index contributed by atoms with van der Waals surface area (Å²) in [5.41, 5.74) is 5.66. The normalized spacial score (nSPS) is 29.2. The average molecular weight is 299 g/mol. The van der Waals surface area contributed by atoms with Crippen molar-refractivity contribution in [2.45, 2.75) is 30.2 Å². The Morgan fingerprint density at radius 2 is 2.20 bits per heavy atom. The van der Waals surface area contributed by atoms with Crippen LogP contribution in [0.25, 0.3) is 0 Å². The zero-order valence-electron chi connectivity index (χ0n) is 11.6. The van der Waals surface area contributed by atoms with Crippen molar-refractivity contribution in [3.8, 4) is 0 Å². The van der Waals surface area contributed by atoms with Crippen molar-refractivity contribution in [1.29, 1.82) is 0 Å². The molecule has 7 nitrogen and oxygen atoms in total. The summed E-state index contributed by atoms with van der Waals surface area (Å²) in [6.07, 6.45) is 4.42. The van der Waals surface area contributed by atoms with Crippen molar-refractivity contribution < 1.29 is 8.42 Å². The van der Waals surface area contributed by atoms with E-state index in [1.807, 2.05) is 0 Å². The van der Waals surface area contributed by atoms with Gasteiger partial charge in [0.25, 0.3) is 0 Å². The molecule has 2 aliphatic heterocycles. The second kappa shape index (κ2) is 5.01. The first-order valence-electron chi connectivity index (χ1n) is 6.99. The number of aromatic nitrogens is 2. The van der Waals surface area contributed by atoms with Gasteiger partial charge >= 0.3 is 0 Å². The largest absolute Gasteiger partial charge is 0.383 e. The van der Waals surface area contributed by atoms with E-state index >= 15 is 0 Å². The minimum atomic E-state index is -3.52. The molecule has 3 rings (SSSR count). The molecule has 2 saturated heterocycles. The highest BCUT2D eigenvalue weighted by Gasteiger charge is 2.39. The van der Waals surface area contributed by atoms with Gasteiger partial charge in [0.05, 0.1) is 6.20 Å². The van der Waals surface area contributed by atoms with Crippen molar-refractivity contribution in [3.05, 3.63) is 6.20 Å². The number of rotatable bonds is 2. The van der Waals surface area contributed by atoms with Gasteiger partial charge in [0.1, 0.15) is 10.7 Å². The average Bonchev–Trinajstić information content (AvgIpc) is 2.85. The van der Waals surface area contributed by atoms with Crippen molar-refractivity contribution in [3.63, 3.8) is 0 Å². The molecule has 2 unspecified atom stereocenters. The van der Waals surface area contributed by atoms with E-state index in [-0.39, 0.29) is 10.7 Å². The predicted molar refractivity (Wildman–Crippen MR) is 75.5 cm³/mol. The number of likely N-dealkylation sites (tertiary alicyclic amines) is 1. The SMILES string of the molecule is CN1CCCC2CN(S(=O)(=O)c3cn[nH]c3N)CCC21. The van der Waals surface area contributed by atoms with Gasteiger partial charge in [-0.05, 0) is 38.8 Å². The van der Waals surface area contributed by atoms with Crippen LogP contribution in [0, 0.1) is 5.92 Å². The minimum Gasteiger partial charge on any atom is -0.383 e. The number of hydrogen-bond donors (Lipinski definition) is 2. The molecule has 0 aromatic carbocycles. The van der Waals surface area contributed by atoms with Crippen molar-refractivity contribution >= 4 is 15.8 Å². The molecule has 2 atom stereocenters. The van der Waals surface area contributed by atoms with E-state index in [4.69, 9.17) is 5.73 Å². The Hall–Kier alpha value is -1.12. The first kappa shape index (κ1) is 13.8. The Morgan fingerprint density at radius 3 is 2.90 bits per heavy atom. The fourth-order valence-corrected chi connectivity index (χ4v) is 4.99. The quantitative estimate of drug-likeness (QED) is 0.807. The van der Waals surface area contributed by atoms with E-state index in [1.165, 1.54) is 6.20 Å². The molecular weight excluding hydrogens is 278 g/mol. The third-order valence-corrected chi connectivity index (χ3v) is 6.45. The topological polar surface area (TPSA) is 95.3 Å². The van der Waals surface area contributed by atoms with Crippen LogP contribution in [0.5, 0.6) is 0 Å². The summed E-state index contributed by atoms with van der Waals surface area (Å²) in [5, 5.41) is 6.20. The summed E-state index contributed by atoms with van der Waals surface area (Å²) in [6, 6.07) is 0.511. The third-order valence-electron chi connectivity index (χ3n) is 4.56. The summed E-state index contributed by atoms with van der Waals surface area (Å²) in [4.78, 5) is 2.46. The summed E-state index contributed by atoms with van der Waals surface area (Å²) in [6.45, 7) is 2.25. The lowest BCUT2D eigenvalue weighted by Gasteiger charge is -2.45. The number of hydrogen-bond acceptors (Lipinski definition) is 5. The molecule has 0 spiro atoms.